The smallest absolute Gasteiger partial charge is 0.254 e. The molecule has 2 aromatic rings. The van der Waals surface area contributed by atoms with Crippen molar-refractivity contribution in [2.45, 2.75) is 6.54 Å². The molecule has 1 aliphatic rings. The van der Waals surface area contributed by atoms with Crippen molar-refractivity contribution in [3.8, 4) is 5.75 Å². The van der Waals surface area contributed by atoms with Gasteiger partial charge in [0.25, 0.3) is 5.91 Å². The highest BCUT2D eigenvalue weighted by Crippen LogP contribution is 2.13. The second-order valence-electron chi connectivity index (χ2n) is 6.05. The van der Waals surface area contributed by atoms with E-state index in [-0.39, 0.29) is 5.91 Å². The fourth-order valence-electron chi connectivity index (χ4n) is 2.74. The van der Waals surface area contributed by atoms with Crippen molar-refractivity contribution in [1.29, 1.82) is 0 Å². The number of amides is 1. The molecular weight excluding hydrogens is 350 g/mol. The van der Waals surface area contributed by atoms with Crippen molar-refractivity contribution in [1.82, 2.24) is 15.2 Å². The fourth-order valence-corrected chi connectivity index (χ4v) is 2.97. The number of aromatic amines is 1. The van der Waals surface area contributed by atoms with Crippen LogP contribution < -0.4 is 10.1 Å². The largest absolute Gasteiger partial charge is 0.492 e. The van der Waals surface area contributed by atoms with Gasteiger partial charge in [0.2, 0.25) is 0 Å². The van der Waals surface area contributed by atoms with E-state index in [1.54, 1.807) is 18.3 Å². The van der Waals surface area contributed by atoms with Crippen LogP contribution in [0.5, 0.6) is 5.75 Å². The van der Waals surface area contributed by atoms with Gasteiger partial charge in [-0.1, -0.05) is 24.4 Å². The molecule has 1 saturated heterocycles. The molecule has 26 heavy (non-hydrogen) atoms. The molecule has 3 rings (SSSR count). The first-order valence-corrected chi connectivity index (χ1v) is 9.11. The minimum atomic E-state index is -0.189. The summed E-state index contributed by atoms with van der Waals surface area (Å²) in [5.74, 6) is 0.618. The van der Waals surface area contributed by atoms with E-state index in [1.165, 1.54) is 0 Å². The Kier molecular flexibility index (Phi) is 6.76. The molecule has 2 heterocycles. The van der Waals surface area contributed by atoms with E-state index >= 15 is 0 Å². The van der Waals surface area contributed by atoms with E-state index in [4.69, 9.17) is 21.7 Å². The summed E-state index contributed by atoms with van der Waals surface area (Å²) in [4.78, 5) is 17.4. The number of carbonyl (C=O) groups excluding carboxylic acids is 1. The number of aromatic nitrogens is 1. The minimum absolute atomic E-state index is 0.189. The van der Waals surface area contributed by atoms with Crippen LogP contribution in [-0.4, -0.2) is 55.2 Å². The summed E-state index contributed by atoms with van der Waals surface area (Å²) in [6.45, 7) is 5.43. The van der Waals surface area contributed by atoms with Crippen molar-refractivity contribution in [2.75, 3.05) is 39.5 Å². The topological polar surface area (TPSA) is 66.6 Å². The minimum Gasteiger partial charge on any atom is -0.492 e. The average molecular weight is 373 g/mol. The summed E-state index contributed by atoms with van der Waals surface area (Å²) < 4.78 is 11.6. The number of H-pyrrole nitrogens is 1. The molecule has 0 saturated carbocycles. The lowest BCUT2D eigenvalue weighted by Crippen LogP contribution is -2.38. The highest BCUT2D eigenvalue weighted by atomic mass is 32.1. The number of ether oxygens (including phenoxy) is 2. The maximum absolute atomic E-state index is 12.2. The molecule has 7 heteroatoms. The summed E-state index contributed by atoms with van der Waals surface area (Å²) in [5.41, 5.74) is 1.45. The molecule has 1 aromatic heterocycles. The number of rotatable bonds is 7. The molecule has 1 fully saturated rings. The Morgan fingerprint density at radius 2 is 2.12 bits per heavy atom. The van der Waals surface area contributed by atoms with Gasteiger partial charge in [-0.2, -0.15) is 0 Å². The van der Waals surface area contributed by atoms with Crippen molar-refractivity contribution in [2.24, 2.45) is 0 Å². The number of nitrogens with zero attached hydrogens (tertiary/aromatic N) is 1. The number of nitrogens with one attached hydrogen (secondary N) is 2. The van der Waals surface area contributed by atoms with Crippen LogP contribution in [0, 0.1) is 4.64 Å². The van der Waals surface area contributed by atoms with Crippen molar-refractivity contribution in [3.05, 3.63) is 58.4 Å². The molecule has 0 atom stereocenters. The van der Waals surface area contributed by atoms with Gasteiger partial charge in [0.1, 0.15) is 17.0 Å². The van der Waals surface area contributed by atoms with E-state index in [0.717, 1.165) is 44.2 Å². The summed E-state index contributed by atoms with van der Waals surface area (Å²) in [6, 6.07) is 11.2. The number of carbonyl (C=O) groups is 1. The van der Waals surface area contributed by atoms with Gasteiger partial charge in [0.05, 0.1) is 18.8 Å². The summed E-state index contributed by atoms with van der Waals surface area (Å²) in [5, 5.41) is 2.89. The first-order valence-electron chi connectivity index (χ1n) is 8.70. The number of hydrogen-bond acceptors (Lipinski definition) is 5. The van der Waals surface area contributed by atoms with E-state index in [1.807, 2.05) is 24.3 Å². The molecule has 0 unspecified atom stereocenters. The predicted molar refractivity (Wildman–Crippen MR) is 102 cm³/mol. The third kappa shape index (κ3) is 5.39. The molecule has 0 bridgehead atoms. The Labute approximate surface area is 158 Å². The van der Waals surface area contributed by atoms with E-state index in [0.29, 0.717) is 23.4 Å². The van der Waals surface area contributed by atoms with Gasteiger partial charge in [0, 0.05) is 32.4 Å². The Hall–Kier alpha value is -2.22. The van der Waals surface area contributed by atoms with E-state index in [9.17, 15) is 4.79 Å². The molecule has 0 aliphatic carbocycles. The second-order valence-corrected chi connectivity index (χ2v) is 6.45. The van der Waals surface area contributed by atoms with Crippen LogP contribution in [0.15, 0.2) is 42.6 Å². The number of hydrogen-bond donors (Lipinski definition) is 2. The van der Waals surface area contributed by atoms with E-state index in [2.05, 4.69) is 15.2 Å². The fraction of sp³-hybridized carbons (Fsp3) is 0.368. The Morgan fingerprint density at radius 3 is 2.92 bits per heavy atom. The first kappa shape index (κ1) is 18.6. The molecule has 2 N–H and O–H groups in total. The highest BCUT2D eigenvalue weighted by molar-refractivity contribution is 7.71. The average Bonchev–Trinajstić information content (AvgIpc) is 2.68. The SMILES string of the molecule is O=C(NCc1cccc(OCCN2CCOCC2)c1)c1ccc[nH]c1=S. The monoisotopic (exact) mass is 373 g/mol. The van der Waals surface area contributed by atoms with Crippen LogP contribution in [0.1, 0.15) is 15.9 Å². The van der Waals surface area contributed by atoms with E-state index < -0.39 is 0 Å². The van der Waals surface area contributed by atoms with Crippen LogP contribution in [0.3, 0.4) is 0 Å². The zero-order valence-electron chi connectivity index (χ0n) is 14.6. The standard InChI is InChI=1S/C19H23N3O3S/c23-18(17-5-2-6-20-19(17)26)21-14-15-3-1-4-16(13-15)25-12-9-22-7-10-24-11-8-22/h1-6,13H,7-12,14H2,(H,20,26)(H,21,23). The predicted octanol–water partition coefficient (Wildman–Crippen LogP) is 2.39. The molecule has 1 aliphatic heterocycles. The van der Waals surface area contributed by atoms with Crippen LogP contribution >= 0.6 is 12.2 Å². The third-order valence-electron chi connectivity index (χ3n) is 4.19. The molecule has 0 spiro atoms. The number of benzene rings is 1. The maximum Gasteiger partial charge on any atom is 0.254 e. The molecule has 6 nitrogen and oxygen atoms in total. The van der Waals surface area contributed by atoms with Crippen LogP contribution in [0.2, 0.25) is 0 Å². The van der Waals surface area contributed by atoms with Gasteiger partial charge in [-0.15, -0.1) is 0 Å². The van der Waals surface area contributed by atoms with Crippen molar-refractivity contribution < 1.29 is 14.3 Å². The zero-order valence-corrected chi connectivity index (χ0v) is 15.4. The summed E-state index contributed by atoms with van der Waals surface area (Å²) >= 11 is 5.13. The molecule has 138 valence electrons. The van der Waals surface area contributed by atoms with Gasteiger partial charge in [0.15, 0.2) is 0 Å². The maximum atomic E-state index is 12.2. The first-order chi connectivity index (χ1) is 12.7. The quantitative estimate of drug-likeness (QED) is 0.730. The van der Waals surface area contributed by atoms with Crippen LogP contribution in [0.4, 0.5) is 0 Å². The van der Waals surface area contributed by atoms with Crippen LogP contribution in [-0.2, 0) is 11.3 Å². The van der Waals surface area contributed by atoms with Gasteiger partial charge in [-0.25, -0.2) is 0 Å². The Bertz CT molecular complexity index is 787. The normalized spacial score (nSPS) is 14.8. The highest BCUT2D eigenvalue weighted by Gasteiger charge is 2.10. The molecular formula is C19H23N3O3S. The summed E-state index contributed by atoms with van der Waals surface area (Å²) in [6.07, 6.45) is 1.71. The van der Waals surface area contributed by atoms with Crippen molar-refractivity contribution >= 4 is 18.1 Å². The van der Waals surface area contributed by atoms with Crippen LogP contribution in [0.25, 0.3) is 0 Å². The Morgan fingerprint density at radius 1 is 1.27 bits per heavy atom. The summed E-state index contributed by atoms with van der Waals surface area (Å²) in [7, 11) is 0. The van der Waals surface area contributed by atoms with Gasteiger partial charge >= 0.3 is 0 Å². The zero-order chi connectivity index (χ0) is 18.2. The molecule has 1 aromatic carbocycles. The molecule has 0 radical (unpaired) electrons. The lowest BCUT2D eigenvalue weighted by molar-refractivity contribution is 0.0322. The van der Waals surface area contributed by atoms with Gasteiger partial charge < -0.3 is 19.8 Å². The van der Waals surface area contributed by atoms with Gasteiger partial charge in [-0.05, 0) is 29.8 Å². The Balaban J connectivity index is 1.48. The third-order valence-corrected chi connectivity index (χ3v) is 4.53. The lowest BCUT2D eigenvalue weighted by atomic mass is 10.2. The lowest BCUT2D eigenvalue weighted by Gasteiger charge is -2.26. The number of pyridine rings is 1. The van der Waals surface area contributed by atoms with Crippen molar-refractivity contribution in [3.63, 3.8) is 0 Å². The number of morpholine rings is 1. The second kappa shape index (κ2) is 9.47. The molecule has 1 amide bonds. The van der Waals surface area contributed by atoms with Gasteiger partial charge in [-0.3, -0.25) is 9.69 Å².